The maximum atomic E-state index is 11.1. The SMILES string of the molecule is COC(=O)Cn1c(C=O)cnc1C(C)C. The smallest absolute Gasteiger partial charge is 0.325 e. The second-order valence-corrected chi connectivity index (χ2v) is 3.48. The predicted molar refractivity (Wildman–Crippen MR) is 53.7 cm³/mol. The van der Waals surface area contributed by atoms with Crippen molar-refractivity contribution in [2.24, 2.45) is 0 Å². The molecule has 1 rings (SSSR count). The lowest BCUT2D eigenvalue weighted by atomic mass is 10.2. The van der Waals surface area contributed by atoms with Crippen molar-refractivity contribution >= 4 is 12.3 Å². The normalized spacial score (nSPS) is 10.4. The molecule has 1 aromatic heterocycles. The molecule has 5 heteroatoms. The molecule has 0 unspecified atom stereocenters. The van der Waals surface area contributed by atoms with Gasteiger partial charge in [0.25, 0.3) is 0 Å². The zero-order valence-electron chi connectivity index (χ0n) is 9.06. The Morgan fingerprint density at radius 3 is 2.80 bits per heavy atom. The van der Waals surface area contributed by atoms with Crippen molar-refractivity contribution in [2.75, 3.05) is 7.11 Å². The third-order valence-electron chi connectivity index (χ3n) is 2.07. The summed E-state index contributed by atoms with van der Waals surface area (Å²) in [5.74, 6) is 0.476. The number of ether oxygens (including phenoxy) is 1. The monoisotopic (exact) mass is 210 g/mol. The number of imidazole rings is 1. The topological polar surface area (TPSA) is 61.2 Å². The van der Waals surface area contributed by atoms with Gasteiger partial charge in [0.1, 0.15) is 18.1 Å². The van der Waals surface area contributed by atoms with Crippen molar-refractivity contribution in [3.63, 3.8) is 0 Å². The first-order chi connectivity index (χ1) is 7.10. The standard InChI is InChI=1S/C10H14N2O3/c1-7(2)10-11-4-8(6-13)12(10)5-9(14)15-3/h4,6-7H,5H2,1-3H3. The van der Waals surface area contributed by atoms with Crippen LogP contribution in [0.1, 0.15) is 36.1 Å². The lowest BCUT2D eigenvalue weighted by Gasteiger charge is -2.10. The van der Waals surface area contributed by atoms with Crippen LogP contribution >= 0.6 is 0 Å². The molecule has 0 aliphatic rings. The number of hydrogen-bond acceptors (Lipinski definition) is 4. The summed E-state index contributed by atoms with van der Waals surface area (Å²) in [7, 11) is 1.31. The van der Waals surface area contributed by atoms with Crippen molar-refractivity contribution in [3.8, 4) is 0 Å². The van der Waals surface area contributed by atoms with E-state index in [0.717, 1.165) is 0 Å². The zero-order valence-corrected chi connectivity index (χ0v) is 9.06. The summed E-state index contributed by atoms with van der Waals surface area (Å²) < 4.78 is 6.13. The van der Waals surface area contributed by atoms with Crippen LogP contribution in [0.25, 0.3) is 0 Å². The lowest BCUT2D eigenvalue weighted by Crippen LogP contribution is -2.16. The molecule has 82 valence electrons. The molecular formula is C10H14N2O3. The fourth-order valence-corrected chi connectivity index (χ4v) is 1.32. The highest BCUT2D eigenvalue weighted by Gasteiger charge is 2.15. The van der Waals surface area contributed by atoms with Gasteiger partial charge in [-0.2, -0.15) is 0 Å². The number of methoxy groups -OCH3 is 1. The minimum atomic E-state index is -0.391. The minimum absolute atomic E-state index is 0.0259. The van der Waals surface area contributed by atoms with Crippen LogP contribution in [0.5, 0.6) is 0 Å². The van der Waals surface area contributed by atoms with E-state index >= 15 is 0 Å². The van der Waals surface area contributed by atoms with E-state index in [1.165, 1.54) is 13.3 Å². The van der Waals surface area contributed by atoms with Gasteiger partial charge in [-0.25, -0.2) is 4.98 Å². The fourth-order valence-electron chi connectivity index (χ4n) is 1.32. The highest BCUT2D eigenvalue weighted by molar-refractivity contribution is 5.75. The molecule has 1 heterocycles. The van der Waals surface area contributed by atoms with Gasteiger partial charge in [0, 0.05) is 5.92 Å². The Labute approximate surface area is 88.1 Å². The first kappa shape index (κ1) is 11.4. The van der Waals surface area contributed by atoms with Crippen molar-refractivity contribution in [1.82, 2.24) is 9.55 Å². The summed E-state index contributed by atoms with van der Waals surface area (Å²) in [4.78, 5) is 26.0. The molecule has 0 aromatic carbocycles. The Kier molecular flexibility index (Phi) is 3.60. The molecule has 1 aromatic rings. The Morgan fingerprint density at radius 1 is 1.67 bits per heavy atom. The summed E-state index contributed by atoms with van der Waals surface area (Å²) in [6, 6.07) is 0. The molecule has 0 aliphatic heterocycles. The number of esters is 1. The molecule has 5 nitrogen and oxygen atoms in total. The molecule has 0 aliphatic carbocycles. The fraction of sp³-hybridized carbons (Fsp3) is 0.500. The minimum Gasteiger partial charge on any atom is -0.468 e. The molecule has 0 bridgehead atoms. The molecule has 0 spiro atoms. The number of carbonyl (C=O) groups is 2. The van der Waals surface area contributed by atoms with E-state index in [0.29, 0.717) is 17.8 Å². The molecule has 0 saturated carbocycles. The van der Waals surface area contributed by atoms with E-state index in [-0.39, 0.29) is 12.5 Å². The second-order valence-electron chi connectivity index (χ2n) is 3.48. The van der Waals surface area contributed by atoms with Crippen LogP contribution in [-0.2, 0) is 16.1 Å². The number of aromatic nitrogens is 2. The average molecular weight is 210 g/mol. The van der Waals surface area contributed by atoms with Crippen molar-refractivity contribution in [3.05, 3.63) is 17.7 Å². The van der Waals surface area contributed by atoms with Gasteiger partial charge in [-0.1, -0.05) is 13.8 Å². The van der Waals surface area contributed by atoms with Gasteiger partial charge in [-0.3, -0.25) is 9.59 Å². The van der Waals surface area contributed by atoms with E-state index in [1.54, 1.807) is 4.57 Å². The number of aldehydes is 1. The van der Waals surface area contributed by atoms with Gasteiger partial charge in [0.2, 0.25) is 0 Å². The summed E-state index contributed by atoms with van der Waals surface area (Å²) in [5, 5.41) is 0. The zero-order chi connectivity index (χ0) is 11.4. The summed E-state index contributed by atoms with van der Waals surface area (Å²) in [6.07, 6.45) is 2.15. The van der Waals surface area contributed by atoms with Crippen LogP contribution in [0.3, 0.4) is 0 Å². The third-order valence-corrected chi connectivity index (χ3v) is 2.07. The number of rotatable bonds is 4. The molecule has 0 fully saturated rings. The maximum Gasteiger partial charge on any atom is 0.325 e. The van der Waals surface area contributed by atoms with E-state index in [9.17, 15) is 9.59 Å². The Morgan fingerprint density at radius 2 is 2.33 bits per heavy atom. The van der Waals surface area contributed by atoms with Crippen LogP contribution in [0, 0.1) is 0 Å². The summed E-state index contributed by atoms with van der Waals surface area (Å²) >= 11 is 0. The molecule has 0 saturated heterocycles. The van der Waals surface area contributed by atoms with Crippen LogP contribution in [0.2, 0.25) is 0 Å². The maximum absolute atomic E-state index is 11.1. The Hall–Kier alpha value is -1.65. The van der Waals surface area contributed by atoms with Crippen LogP contribution < -0.4 is 0 Å². The van der Waals surface area contributed by atoms with Gasteiger partial charge < -0.3 is 9.30 Å². The quantitative estimate of drug-likeness (QED) is 0.549. The molecule has 15 heavy (non-hydrogen) atoms. The van der Waals surface area contributed by atoms with Crippen molar-refractivity contribution in [1.29, 1.82) is 0 Å². The molecule has 0 amide bonds. The first-order valence-corrected chi connectivity index (χ1v) is 4.67. The van der Waals surface area contributed by atoms with E-state index in [1.807, 2.05) is 13.8 Å². The van der Waals surface area contributed by atoms with E-state index < -0.39 is 5.97 Å². The Balaban J connectivity index is 3.05. The number of nitrogens with zero attached hydrogens (tertiary/aromatic N) is 2. The first-order valence-electron chi connectivity index (χ1n) is 4.67. The summed E-state index contributed by atoms with van der Waals surface area (Å²) in [5.41, 5.74) is 0.393. The lowest BCUT2D eigenvalue weighted by molar-refractivity contribution is -0.141. The number of hydrogen-bond donors (Lipinski definition) is 0. The molecule has 0 N–H and O–H groups in total. The molecule has 0 radical (unpaired) electrons. The number of carbonyl (C=O) groups excluding carboxylic acids is 2. The van der Waals surface area contributed by atoms with Crippen molar-refractivity contribution < 1.29 is 14.3 Å². The van der Waals surface area contributed by atoms with Crippen LogP contribution in [0.4, 0.5) is 0 Å². The van der Waals surface area contributed by atoms with Gasteiger partial charge in [-0.15, -0.1) is 0 Å². The third kappa shape index (κ3) is 2.43. The van der Waals surface area contributed by atoms with Gasteiger partial charge in [0.15, 0.2) is 6.29 Å². The van der Waals surface area contributed by atoms with E-state index in [4.69, 9.17) is 0 Å². The Bertz CT molecular complexity index is 369. The second kappa shape index (κ2) is 4.72. The predicted octanol–water partition coefficient (Wildman–Crippen LogP) is 0.992. The van der Waals surface area contributed by atoms with E-state index in [2.05, 4.69) is 9.72 Å². The molecular weight excluding hydrogens is 196 g/mol. The van der Waals surface area contributed by atoms with Gasteiger partial charge in [0.05, 0.1) is 13.3 Å². The van der Waals surface area contributed by atoms with Gasteiger partial charge in [-0.05, 0) is 0 Å². The van der Waals surface area contributed by atoms with Gasteiger partial charge >= 0.3 is 5.97 Å². The molecule has 0 atom stereocenters. The van der Waals surface area contributed by atoms with Crippen LogP contribution in [-0.4, -0.2) is 28.9 Å². The average Bonchev–Trinajstić information content (AvgIpc) is 2.60. The van der Waals surface area contributed by atoms with Crippen LogP contribution in [0.15, 0.2) is 6.20 Å². The largest absolute Gasteiger partial charge is 0.468 e. The summed E-state index contributed by atoms with van der Waals surface area (Å²) in [6.45, 7) is 3.92. The highest BCUT2D eigenvalue weighted by Crippen LogP contribution is 2.14. The highest BCUT2D eigenvalue weighted by atomic mass is 16.5. The van der Waals surface area contributed by atoms with Crippen molar-refractivity contribution in [2.45, 2.75) is 26.3 Å².